The number of hydrogen-bond donors (Lipinski definition) is 2. The molecule has 1 saturated heterocycles. The molecule has 1 aliphatic heterocycles. The van der Waals surface area contributed by atoms with E-state index in [9.17, 15) is 4.79 Å². The molecule has 14 heavy (non-hydrogen) atoms. The number of nitrogens with two attached hydrogens (primary N) is 2. The topological polar surface area (TPSA) is 87.6 Å². The summed E-state index contributed by atoms with van der Waals surface area (Å²) in [6, 6.07) is -0.153. The van der Waals surface area contributed by atoms with Gasteiger partial charge in [-0.25, -0.2) is 0 Å². The predicted molar refractivity (Wildman–Crippen MR) is 49.1 cm³/mol. The Balaban J connectivity index is 2.19. The fourth-order valence-corrected chi connectivity index (χ4v) is 2.30. The first-order valence-corrected chi connectivity index (χ1v) is 4.81. The molecule has 4 atom stereocenters. The maximum absolute atomic E-state index is 11.1. The highest BCUT2D eigenvalue weighted by Crippen LogP contribution is 2.40. The van der Waals surface area contributed by atoms with E-state index in [-0.39, 0.29) is 30.1 Å². The van der Waals surface area contributed by atoms with Crippen molar-refractivity contribution >= 4 is 5.91 Å². The van der Waals surface area contributed by atoms with Crippen molar-refractivity contribution < 1.29 is 14.3 Å². The Hall–Kier alpha value is -0.650. The predicted octanol–water partition coefficient (Wildman–Crippen LogP) is -0.661. The minimum atomic E-state index is -0.652. The highest BCUT2D eigenvalue weighted by molar-refractivity contribution is 5.78. The van der Waals surface area contributed by atoms with Gasteiger partial charge < -0.3 is 20.9 Å². The lowest BCUT2D eigenvalue weighted by Gasteiger charge is -2.21. The van der Waals surface area contributed by atoms with Crippen molar-refractivity contribution in [3.8, 4) is 0 Å². The van der Waals surface area contributed by atoms with Crippen molar-refractivity contribution in [1.82, 2.24) is 0 Å². The summed E-state index contributed by atoms with van der Waals surface area (Å²) < 4.78 is 11.2. The minimum Gasteiger partial charge on any atom is -0.369 e. The van der Waals surface area contributed by atoms with Crippen molar-refractivity contribution in [1.29, 1.82) is 0 Å². The van der Waals surface area contributed by atoms with E-state index in [1.807, 2.05) is 13.8 Å². The van der Waals surface area contributed by atoms with Crippen LogP contribution in [0.5, 0.6) is 0 Å². The van der Waals surface area contributed by atoms with Gasteiger partial charge in [-0.05, 0) is 20.3 Å². The number of ether oxygens (including phenoxy) is 2. The molecule has 0 aromatic heterocycles. The summed E-state index contributed by atoms with van der Waals surface area (Å²) in [5, 5.41) is 0. The summed E-state index contributed by atoms with van der Waals surface area (Å²) in [5.74, 6) is -1.31. The maximum Gasteiger partial charge on any atom is 0.223 e. The van der Waals surface area contributed by atoms with Gasteiger partial charge in [0.05, 0.1) is 5.92 Å². The third-order valence-corrected chi connectivity index (χ3v) is 2.87. The van der Waals surface area contributed by atoms with Gasteiger partial charge in [0.25, 0.3) is 0 Å². The molecule has 2 fully saturated rings. The van der Waals surface area contributed by atoms with Crippen molar-refractivity contribution in [2.45, 2.75) is 44.3 Å². The minimum absolute atomic E-state index is 0.153. The van der Waals surface area contributed by atoms with Crippen molar-refractivity contribution in [2.75, 3.05) is 0 Å². The number of amides is 1. The molecular formula is C9H16N2O3. The second-order valence-electron chi connectivity index (χ2n) is 4.47. The zero-order valence-corrected chi connectivity index (χ0v) is 8.40. The molecule has 0 radical (unpaired) electrons. The Labute approximate surface area is 82.7 Å². The SMILES string of the molecule is CC1(C)O[C@@H]2[C@H](O1)[C@@H](C(N)=O)C[C@H]2N. The first kappa shape index (κ1) is 9.89. The molecule has 0 spiro atoms. The van der Waals surface area contributed by atoms with E-state index in [0.717, 1.165) is 0 Å². The molecule has 1 aliphatic carbocycles. The fourth-order valence-electron chi connectivity index (χ4n) is 2.30. The quantitative estimate of drug-likeness (QED) is 0.588. The lowest BCUT2D eigenvalue weighted by molar-refractivity contribution is -0.160. The Kier molecular flexibility index (Phi) is 2.06. The standard InChI is InChI=1S/C9H16N2O3/c1-9(2)13-6-4(8(11)12)3-5(10)7(6)14-9/h4-7H,3,10H2,1-2H3,(H2,11,12)/t4-,5+,6+,7-/m0/s1. The molecule has 4 N–H and O–H groups in total. The van der Waals surface area contributed by atoms with Gasteiger partial charge in [-0.3, -0.25) is 4.79 Å². The summed E-state index contributed by atoms with van der Waals surface area (Å²) in [6.07, 6.45) is 0.0980. The van der Waals surface area contributed by atoms with Gasteiger partial charge in [0.1, 0.15) is 12.2 Å². The highest BCUT2D eigenvalue weighted by Gasteiger charge is 2.54. The van der Waals surface area contributed by atoms with Crippen molar-refractivity contribution in [3.05, 3.63) is 0 Å². The second kappa shape index (κ2) is 2.92. The smallest absolute Gasteiger partial charge is 0.223 e. The van der Waals surface area contributed by atoms with Crippen LogP contribution in [0, 0.1) is 5.92 Å². The van der Waals surface area contributed by atoms with Crippen LogP contribution < -0.4 is 11.5 Å². The number of rotatable bonds is 1. The fraction of sp³-hybridized carbons (Fsp3) is 0.889. The lowest BCUT2D eigenvalue weighted by atomic mass is 10.1. The molecule has 0 aromatic rings. The van der Waals surface area contributed by atoms with Crippen LogP contribution in [-0.4, -0.2) is 29.9 Å². The van der Waals surface area contributed by atoms with Gasteiger partial charge >= 0.3 is 0 Å². The maximum atomic E-state index is 11.1. The molecule has 80 valence electrons. The Morgan fingerprint density at radius 3 is 2.50 bits per heavy atom. The molecular weight excluding hydrogens is 184 g/mol. The first-order valence-electron chi connectivity index (χ1n) is 4.81. The van der Waals surface area contributed by atoms with Crippen LogP contribution in [0.4, 0.5) is 0 Å². The van der Waals surface area contributed by atoms with Gasteiger partial charge in [0, 0.05) is 6.04 Å². The summed E-state index contributed by atoms with van der Waals surface area (Å²) in [4.78, 5) is 11.1. The number of hydrogen-bond acceptors (Lipinski definition) is 4. The van der Waals surface area contributed by atoms with Crippen LogP contribution in [0.2, 0.25) is 0 Å². The van der Waals surface area contributed by atoms with Gasteiger partial charge in [-0.1, -0.05) is 0 Å². The Morgan fingerprint density at radius 1 is 1.36 bits per heavy atom. The van der Waals surface area contributed by atoms with Crippen molar-refractivity contribution in [3.63, 3.8) is 0 Å². The monoisotopic (exact) mass is 200 g/mol. The molecule has 0 bridgehead atoms. The molecule has 0 aromatic carbocycles. The summed E-state index contributed by atoms with van der Waals surface area (Å²) in [5.41, 5.74) is 11.1. The molecule has 0 unspecified atom stereocenters. The summed E-state index contributed by atoms with van der Waals surface area (Å²) in [6.45, 7) is 3.63. The van der Waals surface area contributed by atoms with Crippen molar-refractivity contribution in [2.24, 2.45) is 17.4 Å². The van der Waals surface area contributed by atoms with Crippen LogP contribution in [0.15, 0.2) is 0 Å². The molecule has 5 heteroatoms. The van der Waals surface area contributed by atoms with E-state index >= 15 is 0 Å². The van der Waals surface area contributed by atoms with Crippen LogP contribution >= 0.6 is 0 Å². The largest absolute Gasteiger partial charge is 0.369 e. The lowest BCUT2D eigenvalue weighted by Crippen LogP contribution is -2.35. The third-order valence-electron chi connectivity index (χ3n) is 2.87. The molecule has 2 aliphatic rings. The van der Waals surface area contributed by atoms with Gasteiger partial charge in [-0.15, -0.1) is 0 Å². The van der Waals surface area contributed by atoms with E-state index < -0.39 is 5.79 Å². The van der Waals surface area contributed by atoms with E-state index in [2.05, 4.69) is 0 Å². The highest BCUT2D eigenvalue weighted by atomic mass is 16.8. The van der Waals surface area contributed by atoms with Gasteiger partial charge in [-0.2, -0.15) is 0 Å². The van der Waals surface area contributed by atoms with Crippen LogP contribution in [0.1, 0.15) is 20.3 Å². The molecule has 1 amide bonds. The summed E-state index contributed by atoms with van der Waals surface area (Å²) in [7, 11) is 0. The second-order valence-corrected chi connectivity index (χ2v) is 4.47. The van der Waals surface area contributed by atoms with Crippen LogP contribution in [0.25, 0.3) is 0 Å². The summed E-state index contributed by atoms with van der Waals surface area (Å²) >= 11 is 0. The van der Waals surface area contributed by atoms with Crippen LogP contribution in [-0.2, 0) is 14.3 Å². The van der Waals surface area contributed by atoms with Crippen LogP contribution in [0.3, 0.4) is 0 Å². The van der Waals surface area contributed by atoms with E-state index in [1.54, 1.807) is 0 Å². The Bertz CT molecular complexity index is 267. The van der Waals surface area contributed by atoms with E-state index in [4.69, 9.17) is 20.9 Å². The molecule has 5 nitrogen and oxygen atoms in total. The zero-order chi connectivity index (χ0) is 10.5. The average molecular weight is 200 g/mol. The van der Waals surface area contributed by atoms with Gasteiger partial charge in [0.2, 0.25) is 5.91 Å². The first-order chi connectivity index (χ1) is 6.41. The molecule has 2 rings (SSSR count). The van der Waals surface area contributed by atoms with Gasteiger partial charge in [0.15, 0.2) is 5.79 Å². The zero-order valence-electron chi connectivity index (χ0n) is 8.40. The molecule has 1 saturated carbocycles. The average Bonchev–Trinajstić information content (AvgIpc) is 2.47. The third kappa shape index (κ3) is 1.41. The van der Waals surface area contributed by atoms with E-state index in [0.29, 0.717) is 6.42 Å². The number of fused-ring (bicyclic) bond motifs is 1. The molecule has 1 heterocycles. The number of carbonyl (C=O) groups is 1. The Morgan fingerprint density at radius 2 is 1.93 bits per heavy atom. The normalized spacial score (nSPS) is 45.1. The number of carbonyl (C=O) groups excluding carboxylic acids is 1. The number of primary amides is 1. The van der Waals surface area contributed by atoms with E-state index in [1.165, 1.54) is 0 Å².